The fraction of sp³-hybridized carbons (Fsp3) is 0.800. The van der Waals surface area contributed by atoms with E-state index in [1.807, 2.05) is 19.9 Å². The van der Waals surface area contributed by atoms with E-state index in [0.717, 1.165) is 38.5 Å². The van der Waals surface area contributed by atoms with Gasteiger partial charge in [0.2, 0.25) is 0 Å². The first kappa shape index (κ1) is 17.7. The lowest BCUT2D eigenvalue weighted by molar-refractivity contribution is 0.00804. The van der Waals surface area contributed by atoms with E-state index in [0.29, 0.717) is 11.8 Å². The molecule has 0 saturated heterocycles. The maximum atomic E-state index is 10.3. The largest absolute Gasteiger partial charge is 0.393 e. The van der Waals surface area contributed by atoms with E-state index in [4.69, 9.17) is 0 Å². The van der Waals surface area contributed by atoms with Crippen molar-refractivity contribution in [3.8, 4) is 0 Å². The van der Waals surface area contributed by atoms with Gasteiger partial charge in [-0.3, -0.25) is 0 Å². The second kappa shape index (κ2) is 6.88. The van der Waals surface area contributed by atoms with Crippen LogP contribution in [0.3, 0.4) is 0 Å². The van der Waals surface area contributed by atoms with Crippen molar-refractivity contribution < 1.29 is 10.2 Å². The minimum atomic E-state index is -0.642. The normalized spacial score (nSPS) is 33.8. The van der Waals surface area contributed by atoms with Gasteiger partial charge in [0.1, 0.15) is 0 Å². The molecule has 2 aliphatic carbocycles. The van der Waals surface area contributed by atoms with E-state index in [2.05, 4.69) is 26.0 Å². The molecule has 2 rings (SSSR count). The van der Waals surface area contributed by atoms with E-state index in [1.165, 1.54) is 12.0 Å². The highest BCUT2D eigenvalue weighted by Gasteiger charge is 2.47. The molecule has 0 amide bonds. The lowest BCUT2D eigenvalue weighted by Gasteiger charge is -2.43. The Morgan fingerprint density at radius 3 is 2.73 bits per heavy atom. The van der Waals surface area contributed by atoms with Crippen molar-refractivity contribution in [1.29, 1.82) is 0 Å². The fourth-order valence-corrected chi connectivity index (χ4v) is 4.62. The van der Waals surface area contributed by atoms with E-state index in [1.54, 1.807) is 0 Å². The van der Waals surface area contributed by atoms with E-state index in [-0.39, 0.29) is 11.5 Å². The predicted molar refractivity (Wildman–Crippen MR) is 92.6 cm³/mol. The Morgan fingerprint density at radius 2 is 2.09 bits per heavy atom. The summed E-state index contributed by atoms with van der Waals surface area (Å²) in [6, 6.07) is 0. The maximum absolute atomic E-state index is 10.3. The van der Waals surface area contributed by atoms with E-state index >= 15 is 0 Å². The summed E-state index contributed by atoms with van der Waals surface area (Å²) in [4.78, 5) is 0. The molecule has 2 N–H and O–H groups in total. The van der Waals surface area contributed by atoms with Gasteiger partial charge in [-0.2, -0.15) is 0 Å². The zero-order valence-corrected chi connectivity index (χ0v) is 14.8. The number of rotatable bonds is 6. The summed E-state index contributed by atoms with van der Waals surface area (Å²) in [5.41, 5.74) is 1.09. The second-order valence-corrected chi connectivity index (χ2v) is 7.73. The summed E-state index contributed by atoms with van der Waals surface area (Å²) in [6.45, 7) is 8.72. The highest BCUT2D eigenvalue weighted by atomic mass is 16.3. The molecule has 0 radical (unpaired) electrons. The van der Waals surface area contributed by atoms with E-state index < -0.39 is 5.60 Å². The van der Waals surface area contributed by atoms with Gasteiger partial charge in [0.15, 0.2) is 0 Å². The van der Waals surface area contributed by atoms with Crippen molar-refractivity contribution in [1.82, 2.24) is 0 Å². The molecule has 1 unspecified atom stereocenters. The Labute approximate surface area is 136 Å². The number of fused-ring (bicyclic) bond motifs is 1. The molecule has 4 atom stereocenters. The van der Waals surface area contributed by atoms with Crippen LogP contribution in [0.1, 0.15) is 72.6 Å². The highest BCUT2D eigenvalue weighted by Crippen LogP contribution is 2.55. The average molecular weight is 306 g/mol. The summed E-state index contributed by atoms with van der Waals surface area (Å²) in [5, 5.41) is 20.7. The standard InChI is InChI=1S/C20H34O2/c1-5-20(22,6-2)14-7-9-15(3)16-11-12-17-18(21)10-8-13-19(16,17)4/h7,11,14-15,17-18,21-22H,5-6,8-10,12-13H2,1-4H3/b14-7+/t15-,17?,18-,19+/m0/s1. The molecule has 0 spiro atoms. The number of aliphatic hydroxyl groups is 2. The predicted octanol–water partition coefficient (Wildman–Crippen LogP) is 4.62. The molecule has 126 valence electrons. The second-order valence-electron chi connectivity index (χ2n) is 7.73. The Hall–Kier alpha value is -0.600. The number of hydrogen-bond acceptors (Lipinski definition) is 2. The molecule has 2 nitrogen and oxygen atoms in total. The molecule has 0 aliphatic heterocycles. The third-order valence-corrected chi connectivity index (χ3v) is 6.40. The van der Waals surface area contributed by atoms with E-state index in [9.17, 15) is 10.2 Å². The maximum Gasteiger partial charge on any atom is 0.0822 e. The fourth-order valence-electron chi connectivity index (χ4n) is 4.62. The van der Waals surface area contributed by atoms with Gasteiger partial charge in [0.25, 0.3) is 0 Å². The monoisotopic (exact) mass is 306 g/mol. The Bertz CT molecular complexity index is 433. The van der Waals surface area contributed by atoms with Crippen molar-refractivity contribution in [3.05, 3.63) is 23.8 Å². The number of hydrogen-bond donors (Lipinski definition) is 2. The molecule has 0 aromatic rings. The Balaban J connectivity index is 2.01. The van der Waals surface area contributed by atoms with Gasteiger partial charge < -0.3 is 10.2 Å². The Morgan fingerprint density at radius 1 is 1.41 bits per heavy atom. The summed E-state index contributed by atoms with van der Waals surface area (Å²) >= 11 is 0. The third-order valence-electron chi connectivity index (χ3n) is 6.40. The molecular formula is C20H34O2. The van der Waals surface area contributed by atoms with Crippen LogP contribution in [0.25, 0.3) is 0 Å². The van der Waals surface area contributed by atoms with Crippen LogP contribution in [0, 0.1) is 17.3 Å². The van der Waals surface area contributed by atoms with Crippen molar-refractivity contribution in [3.63, 3.8) is 0 Å². The van der Waals surface area contributed by atoms with Gasteiger partial charge in [0.05, 0.1) is 11.7 Å². The van der Waals surface area contributed by atoms with Gasteiger partial charge >= 0.3 is 0 Å². The summed E-state index contributed by atoms with van der Waals surface area (Å²) in [7, 11) is 0. The molecule has 0 bridgehead atoms. The first-order valence-corrected chi connectivity index (χ1v) is 9.15. The van der Waals surface area contributed by atoms with Crippen LogP contribution >= 0.6 is 0 Å². The lowest BCUT2D eigenvalue weighted by atomic mass is 9.63. The molecule has 0 aromatic heterocycles. The molecule has 22 heavy (non-hydrogen) atoms. The molecule has 0 heterocycles. The quantitative estimate of drug-likeness (QED) is 0.703. The molecule has 2 heteroatoms. The van der Waals surface area contributed by atoms with Gasteiger partial charge in [-0.15, -0.1) is 0 Å². The zero-order chi connectivity index (χ0) is 16.4. The first-order chi connectivity index (χ1) is 10.4. The van der Waals surface area contributed by atoms with Crippen molar-refractivity contribution >= 4 is 0 Å². The van der Waals surface area contributed by atoms with Gasteiger partial charge in [-0.05, 0) is 62.2 Å². The molecular weight excluding hydrogens is 272 g/mol. The van der Waals surface area contributed by atoms with Crippen LogP contribution in [0.5, 0.6) is 0 Å². The molecule has 2 aliphatic rings. The molecule has 0 aromatic carbocycles. The van der Waals surface area contributed by atoms with Crippen LogP contribution in [0.2, 0.25) is 0 Å². The topological polar surface area (TPSA) is 40.5 Å². The zero-order valence-electron chi connectivity index (χ0n) is 14.8. The van der Waals surface area contributed by atoms with Crippen LogP contribution in [-0.2, 0) is 0 Å². The number of allylic oxidation sites excluding steroid dienone is 3. The molecule has 1 fully saturated rings. The van der Waals surface area contributed by atoms with Gasteiger partial charge in [-0.1, -0.05) is 51.5 Å². The van der Waals surface area contributed by atoms with Crippen molar-refractivity contribution in [2.75, 3.05) is 0 Å². The average Bonchev–Trinajstić information content (AvgIpc) is 2.85. The lowest BCUT2D eigenvalue weighted by Crippen LogP contribution is -2.39. The van der Waals surface area contributed by atoms with Crippen LogP contribution < -0.4 is 0 Å². The number of aliphatic hydroxyl groups excluding tert-OH is 1. The van der Waals surface area contributed by atoms with Crippen LogP contribution in [0.15, 0.2) is 23.8 Å². The SMILES string of the molecule is CCC(O)(/C=C/C[C@H](C)C1=CCC2[C@@H](O)CCC[C@]12C)CC. The van der Waals surface area contributed by atoms with Crippen molar-refractivity contribution in [2.45, 2.75) is 84.3 Å². The summed E-state index contributed by atoms with van der Waals surface area (Å²) in [5.74, 6) is 0.917. The third kappa shape index (κ3) is 3.33. The van der Waals surface area contributed by atoms with Crippen LogP contribution in [-0.4, -0.2) is 21.9 Å². The summed E-state index contributed by atoms with van der Waals surface area (Å²) in [6.07, 6.45) is 13.3. The highest BCUT2D eigenvalue weighted by molar-refractivity contribution is 5.26. The smallest absolute Gasteiger partial charge is 0.0822 e. The van der Waals surface area contributed by atoms with Crippen LogP contribution in [0.4, 0.5) is 0 Å². The minimum Gasteiger partial charge on any atom is -0.393 e. The van der Waals surface area contributed by atoms with Crippen molar-refractivity contribution in [2.24, 2.45) is 17.3 Å². The first-order valence-electron chi connectivity index (χ1n) is 9.15. The summed E-state index contributed by atoms with van der Waals surface area (Å²) < 4.78 is 0. The van der Waals surface area contributed by atoms with Gasteiger partial charge in [-0.25, -0.2) is 0 Å². The minimum absolute atomic E-state index is 0.125. The molecule has 1 saturated carbocycles. The van der Waals surface area contributed by atoms with Gasteiger partial charge in [0, 0.05) is 0 Å². The Kier molecular flexibility index (Phi) is 5.55.